The van der Waals surface area contributed by atoms with E-state index in [0.29, 0.717) is 34.1 Å². The minimum Gasteiger partial charge on any atom is -0.478 e. The Morgan fingerprint density at radius 1 is 0.922 bits per heavy atom. The smallest absolute Gasteiger partial charge is 0.335 e. The number of aromatic carboxylic acids is 1. The molecule has 4 aromatic heterocycles. The van der Waals surface area contributed by atoms with Gasteiger partial charge in [-0.25, -0.2) is 19.0 Å². The lowest BCUT2D eigenvalue weighted by molar-refractivity contribution is 0.0696. The zero-order valence-corrected chi connectivity index (χ0v) is 31.6. The van der Waals surface area contributed by atoms with Crippen molar-refractivity contribution < 1.29 is 27.1 Å². The summed E-state index contributed by atoms with van der Waals surface area (Å²) in [6, 6.07) is 13.4. The second kappa shape index (κ2) is 13.1. The van der Waals surface area contributed by atoms with E-state index in [1.54, 1.807) is 34.2 Å². The highest BCUT2D eigenvalue weighted by molar-refractivity contribution is 8.12. The van der Waals surface area contributed by atoms with E-state index in [0.717, 1.165) is 23.2 Å². The van der Waals surface area contributed by atoms with Gasteiger partial charge in [0.1, 0.15) is 5.75 Å². The average molecular weight is 741 g/mol. The van der Waals surface area contributed by atoms with Gasteiger partial charge in [0.2, 0.25) is 0 Å². The summed E-state index contributed by atoms with van der Waals surface area (Å²) in [5.41, 5.74) is 5.53. The fraction of sp³-hybridized carbons (Fsp3) is 0.364. The van der Waals surface area contributed by atoms with Crippen molar-refractivity contribution in [2.75, 3.05) is 6.26 Å². The van der Waals surface area contributed by atoms with Crippen LogP contribution in [-0.4, -0.2) is 69.9 Å². The van der Waals surface area contributed by atoms with Crippen molar-refractivity contribution >= 4 is 38.1 Å². The number of carboxylic acid groups (broad SMARTS) is 1. The van der Waals surface area contributed by atoms with E-state index in [-0.39, 0.29) is 33.6 Å². The van der Waals surface area contributed by atoms with Gasteiger partial charge in [-0.3, -0.25) is 14.8 Å². The van der Waals surface area contributed by atoms with Gasteiger partial charge >= 0.3 is 5.97 Å². The van der Waals surface area contributed by atoms with E-state index < -0.39 is 26.8 Å². The van der Waals surface area contributed by atoms with Crippen LogP contribution in [0.15, 0.2) is 53.4 Å². The molecule has 0 aliphatic heterocycles. The number of nitrogens with two attached hydrogens (primary N) is 1. The molecule has 274 valence electrons. The van der Waals surface area contributed by atoms with Gasteiger partial charge in [0.05, 0.1) is 17.0 Å². The quantitative estimate of drug-likeness (QED) is 0.127. The summed E-state index contributed by atoms with van der Waals surface area (Å²) in [5.74, 6) is 0.281. The molecule has 0 amide bonds. The number of benzene rings is 2. The van der Waals surface area contributed by atoms with Crippen molar-refractivity contribution in [2.45, 2.75) is 77.7 Å². The molecule has 0 fully saturated rings. The summed E-state index contributed by atoms with van der Waals surface area (Å²) in [7, 11) is -4.33. The van der Waals surface area contributed by atoms with Gasteiger partial charge in [0.15, 0.2) is 22.9 Å². The predicted octanol–water partition coefficient (Wildman–Crippen LogP) is 4.59. The van der Waals surface area contributed by atoms with Gasteiger partial charge in [0.25, 0.3) is 11.3 Å². The molecule has 16 nitrogen and oxygen atoms in total. The number of carbonyl (C=O) groups is 1. The first kappa shape index (κ1) is 37.5. The van der Waals surface area contributed by atoms with Gasteiger partial charge in [-0.05, 0) is 55.3 Å². The molecule has 2 aromatic carbocycles. The van der Waals surface area contributed by atoms with Crippen LogP contribution in [0.3, 0.4) is 0 Å². The minimum absolute atomic E-state index is 0.0544. The molecule has 6 aromatic rings. The second-order valence-corrected chi connectivity index (χ2v) is 18.8. The SMILES string of the molecule is Cc1cc(-c2nnc3cc(C(C)(C)C)[nH]n23)cc(S(C)(N)(=O)O)c1.Cc1ccc(C(=O)O)cc1OS(=O)NCc1nnc2cc(C(C)(C)C)[nH]n12. The maximum absolute atomic E-state index is 12.3. The van der Waals surface area contributed by atoms with Gasteiger partial charge in [-0.2, -0.15) is 13.1 Å². The molecule has 1 atom stereocenters. The summed E-state index contributed by atoms with van der Waals surface area (Å²) in [4.78, 5) is 11.2. The number of aromatic nitrogens is 8. The average Bonchev–Trinajstić information content (AvgIpc) is 3.77. The Morgan fingerprint density at radius 3 is 2.10 bits per heavy atom. The summed E-state index contributed by atoms with van der Waals surface area (Å²) >= 11 is -1.88. The van der Waals surface area contributed by atoms with Crippen molar-refractivity contribution in [1.29, 1.82) is 0 Å². The molecule has 0 radical (unpaired) electrons. The molecule has 0 saturated heterocycles. The topological polar surface area (TPSA) is 231 Å². The second-order valence-electron chi connectivity index (χ2n) is 14.7. The number of hydrogen-bond donors (Lipinski definition) is 6. The zero-order chi connectivity index (χ0) is 37.7. The Hall–Kier alpha value is -4.75. The highest BCUT2D eigenvalue weighted by atomic mass is 32.3. The van der Waals surface area contributed by atoms with Crippen LogP contribution in [0.4, 0.5) is 0 Å². The van der Waals surface area contributed by atoms with Gasteiger partial charge in [-0.15, -0.1) is 29.9 Å². The fourth-order valence-electron chi connectivity index (χ4n) is 4.90. The van der Waals surface area contributed by atoms with Gasteiger partial charge < -0.3 is 9.29 Å². The van der Waals surface area contributed by atoms with Crippen LogP contribution >= 0.6 is 0 Å². The summed E-state index contributed by atoms with van der Waals surface area (Å²) in [5, 5.41) is 37.8. The number of rotatable bonds is 8. The molecule has 51 heavy (non-hydrogen) atoms. The standard InChI is InChI=1S/C17H21N5O4S.C16H23N5O2S/c1-10-5-6-11(16(23)24)7-12(10)26-27(25)18-9-15-20-19-14-8-13(17(2,3)4)21-22(14)15;1-10-6-11(8-12(7-10)24(5,17,22)23)15-19-18-14-9-13(16(2,3)4)20-21(14)15/h5-8,18,21H,9H2,1-4H3,(H,23,24);6-9,20H,1-5H3,(H3,17,22,23). The lowest BCUT2D eigenvalue weighted by Gasteiger charge is -2.34. The van der Waals surface area contributed by atoms with E-state index >= 15 is 0 Å². The molecule has 6 rings (SSSR count). The van der Waals surface area contributed by atoms with Gasteiger partial charge in [-0.1, -0.05) is 47.6 Å². The predicted molar refractivity (Wildman–Crippen MR) is 195 cm³/mol. The first-order chi connectivity index (χ1) is 23.5. The largest absolute Gasteiger partial charge is 0.478 e. The Morgan fingerprint density at radius 2 is 1.51 bits per heavy atom. The molecule has 0 aliphatic carbocycles. The maximum atomic E-state index is 12.3. The molecule has 18 heteroatoms. The van der Waals surface area contributed by atoms with E-state index in [2.05, 4.69) is 76.9 Å². The minimum atomic E-state index is -4.33. The Bertz CT molecular complexity index is 2340. The van der Waals surface area contributed by atoms with Crippen molar-refractivity contribution in [3.8, 4) is 17.1 Å². The van der Waals surface area contributed by atoms with Crippen molar-refractivity contribution in [3.05, 3.63) is 82.4 Å². The lowest BCUT2D eigenvalue weighted by Crippen LogP contribution is -2.40. The van der Waals surface area contributed by atoms with Crippen LogP contribution in [0.5, 0.6) is 5.75 Å². The van der Waals surface area contributed by atoms with Crippen molar-refractivity contribution in [2.24, 2.45) is 5.14 Å². The number of carboxylic acids is 1. The number of nitrogens with one attached hydrogen (secondary N) is 3. The first-order valence-corrected chi connectivity index (χ1v) is 19.3. The first-order valence-electron chi connectivity index (χ1n) is 15.8. The molecule has 0 bridgehead atoms. The molecular formula is C33H44N10O6S2. The maximum Gasteiger partial charge on any atom is 0.335 e. The number of aryl methyl sites for hydroxylation is 2. The highest BCUT2D eigenvalue weighted by Crippen LogP contribution is 2.30. The summed E-state index contributed by atoms with van der Waals surface area (Å²) in [6.07, 6.45) is 1.14. The number of fused-ring (bicyclic) bond motifs is 2. The van der Waals surface area contributed by atoms with E-state index in [4.69, 9.17) is 14.4 Å². The van der Waals surface area contributed by atoms with Crippen LogP contribution in [0.2, 0.25) is 0 Å². The van der Waals surface area contributed by atoms with E-state index in [1.807, 2.05) is 25.1 Å². The zero-order valence-electron chi connectivity index (χ0n) is 29.9. The summed E-state index contributed by atoms with van der Waals surface area (Å²) < 4.78 is 46.2. The molecule has 4 heterocycles. The van der Waals surface area contributed by atoms with Crippen LogP contribution in [0, 0.1) is 13.8 Å². The third-order valence-corrected chi connectivity index (χ3v) is 10.00. The van der Waals surface area contributed by atoms with E-state index in [9.17, 15) is 17.8 Å². The Kier molecular flexibility index (Phi) is 9.63. The van der Waals surface area contributed by atoms with Crippen LogP contribution in [-0.2, 0) is 38.2 Å². The monoisotopic (exact) mass is 740 g/mol. The third kappa shape index (κ3) is 8.59. The number of aromatic amines is 2. The van der Waals surface area contributed by atoms with Crippen LogP contribution < -0.4 is 14.0 Å². The lowest BCUT2D eigenvalue weighted by atomic mass is 9.93. The number of hydrogen-bond acceptors (Lipinski definition) is 8. The summed E-state index contributed by atoms with van der Waals surface area (Å²) in [6.45, 7) is 16.3. The van der Waals surface area contributed by atoms with Crippen LogP contribution in [0.1, 0.15) is 80.2 Å². The molecular weight excluding hydrogens is 697 g/mol. The highest BCUT2D eigenvalue weighted by Gasteiger charge is 2.23. The van der Waals surface area contributed by atoms with Gasteiger partial charge in [0, 0.05) is 46.2 Å². The molecule has 0 spiro atoms. The Balaban J connectivity index is 0.000000199. The number of nitrogens with zero attached hydrogens (tertiary/aromatic N) is 6. The Labute approximate surface area is 297 Å². The normalized spacial score (nSPS) is 13.8. The molecule has 1 unspecified atom stereocenters. The molecule has 7 N–H and O–H groups in total. The fourth-order valence-corrected chi connectivity index (χ4v) is 6.44. The third-order valence-electron chi connectivity index (χ3n) is 7.90. The molecule has 0 saturated carbocycles. The van der Waals surface area contributed by atoms with Crippen molar-refractivity contribution in [1.82, 2.24) is 44.3 Å². The van der Waals surface area contributed by atoms with E-state index in [1.165, 1.54) is 12.1 Å². The van der Waals surface area contributed by atoms with Crippen LogP contribution in [0.25, 0.3) is 22.7 Å². The number of H-pyrrole nitrogens is 2. The van der Waals surface area contributed by atoms with Crippen molar-refractivity contribution in [3.63, 3.8) is 0 Å². The molecule has 0 aliphatic rings.